The van der Waals surface area contributed by atoms with E-state index in [1.165, 1.54) is 0 Å². The average molecular weight is 515 g/mol. The van der Waals surface area contributed by atoms with E-state index in [9.17, 15) is 9.59 Å². The second-order valence-electron chi connectivity index (χ2n) is 10.2. The van der Waals surface area contributed by atoms with E-state index in [2.05, 4.69) is 20.3 Å². The molecule has 0 bridgehead atoms. The third kappa shape index (κ3) is 6.71. The summed E-state index contributed by atoms with van der Waals surface area (Å²) in [5.74, 6) is 1.83. The molecule has 4 rings (SSSR count). The molecular formula is C31H38N4O3. The van der Waals surface area contributed by atoms with Crippen LogP contribution in [0.1, 0.15) is 69.1 Å². The van der Waals surface area contributed by atoms with Gasteiger partial charge in [-0.2, -0.15) is 0 Å². The molecule has 200 valence electrons. The molecule has 0 aliphatic heterocycles. The number of methoxy groups -OCH3 is 1. The predicted molar refractivity (Wildman–Crippen MR) is 151 cm³/mol. The Bertz CT molecular complexity index is 1370. The van der Waals surface area contributed by atoms with Crippen molar-refractivity contribution >= 4 is 22.6 Å². The number of imidazole rings is 1. The average Bonchev–Trinajstić information content (AvgIpc) is 3.53. The summed E-state index contributed by atoms with van der Waals surface area (Å²) in [5, 5.41) is 4.22. The normalized spacial score (nSPS) is 12.1. The standard InChI is InChI=1S/C31H38N4O3/c1-20(2)29(36)14-10-6-9-13-27(31-32-19-28(35-31)22-11-7-5-8-12-22)34-30(37)18-24-21(3)33-26-16-15-23(38-4)17-25(24)26/h5,7-8,11-12,15-17,19-20,27,33H,6,9-10,13-14,18H2,1-4H3,(H,32,35)(H,34,37)/t27-/m0/s1. The lowest BCUT2D eigenvalue weighted by Gasteiger charge is -2.17. The fourth-order valence-corrected chi connectivity index (χ4v) is 4.79. The van der Waals surface area contributed by atoms with E-state index < -0.39 is 0 Å². The van der Waals surface area contributed by atoms with Gasteiger partial charge in [-0.15, -0.1) is 0 Å². The number of amides is 1. The number of hydrogen-bond donors (Lipinski definition) is 3. The zero-order valence-electron chi connectivity index (χ0n) is 22.8. The fourth-order valence-electron chi connectivity index (χ4n) is 4.79. The van der Waals surface area contributed by atoms with Crippen molar-refractivity contribution < 1.29 is 14.3 Å². The van der Waals surface area contributed by atoms with E-state index in [0.717, 1.165) is 70.7 Å². The van der Waals surface area contributed by atoms with Crippen molar-refractivity contribution in [1.29, 1.82) is 0 Å². The Morgan fingerprint density at radius 2 is 1.82 bits per heavy atom. The maximum atomic E-state index is 13.3. The number of aromatic nitrogens is 3. The maximum absolute atomic E-state index is 13.3. The molecule has 3 N–H and O–H groups in total. The van der Waals surface area contributed by atoms with Gasteiger partial charge >= 0.3 is 0 Å². The van der Waals surface area contributed by atoms with Gasteiger partial charge in [0.05, 0.1) is 31.5 Å². The van der Waals surface area contributed by atoms with Crippen LogP contribution >= 0.6 is 0 Å². The number of unbranched alkanes of at least 4 members (excludes halogenated alkanes) is 2. The van der Waals surface area contributed by atoms with Crippen molar-refractivity contribution in [2.75, 3.05) is 7.11 Å². The number of fused-ring (bicyclic) bond motifs is 1. The van der Waals surface area contributed by atoms with Crippen LogP contribution in [0.25, 0.3) is 22.2 Å². The van der Waals surface area contributed by atoms with Gasteiger partial charge in [0.2, 0.25) is 5.91 Å². The van der Waals surface area contributed by atoms with Gasteiger partial charge < -0.3 is 20.0 Å². The third-order valence-corrected chi connectivity index (χ3v) is 7.07. The number of ether oxygens (including phenoxy) is 1. The number of rotatable bonds is 13. The van der Waals surface area contributed by atoms with Gasteiger partial charge in [0.25, 0.3) is 0 Å². The quantitative estimate of drug-likeness (QED) is 0.179. The molecule has 0 fully saturated rings. The zero-order valence-corrected chi connectivity index (χ0v) is 22.8. The summed E-state index contributed by atoms with van der Waals surface area (Å²) in [6, 6.07) is 15.6. The summed E-state index contributed by atoms with van der Waals surface area (Å²) >= 11 is 0. The molecule has 7 nitrogen and oxygen atoms in total. The fraction of sp³-hybridized carbons (Fsp3) is 0.387. The van der Waals surface area contributed by atoms with Gasteiger partial charge in [-0.3, -0.25) is 9.59 Å². The summed E-state index contributed by atoms with van der Waals surface area (Å²) < 4.78 is 5.40. The number of aryl methyl sites for hydroxylation is 1. The molecule has 0 saturated heterocycles. The first kappa shape index (κ1) is 27.2. The Morgan fingerprint density at radius 1 is 1.03 bits per heavy atom. The number of nitrogens with zero attached hydrogens (tertiary/aromatic N) is 1. The van der Waals surface area contributed by atoms with Crippen molar-refractivity contribution in [2.45, 2.75) is 65.3 Å². The Hall–Kier alpha value is -3.87. The second-order valence-corrected chi connectivity index (χ2v) is 10.2. The van der Waals surface area contributed by atoms with Crippen molar-refractivity contribution in [3.05, 3.63) is 71.8 Å². The molecular weight excluding hydrogens is 476 g/mol. The highest BCUT2D eigenvalue weighted by Crippen LogP contribution is 2.28. The number of aromatic amines is 2. The van der Waals surface area contributed by atoms with Crippen LogP contribution in [0.2, 0.25) is 0 Å². The highest BCUT2D eigenvalue weighted by Gasteiger charge is 2.20. The van der Waals surface area contributed by atoms with Gasteiger partial charge in [-0.25, -0.2) is 4.98 Å². The van der Waals surface area contributed by atoms with E-state index in [1.54, 1.807) is 7.11 Å². The molecule has 2 aromatic heterocycles. The largest absolute Gasteiger partial charge is 0.497 e. The van der Waals surface area contributed by atoms with Crippen LogP contribution in [0.5, 0.6) is 5.75 Å². The van der Waals surface area contributed by atoms with Crippen LogP contribution < -0.4 is 10.1 Å². The highest BCUT2D eigenvalue weighted by atomic mass is 16.5. The van der Waals surface area contributed by atoms with Crippen LogP contribution in [0, 0.1) is 12.8 Å². The SMILES string of the molecule is COc1ccc2[nH]c(C)c(CC(=O)N[C@@H](CCCCCC(=O)C(C)C)c3ncc(-c4ccccc4)[nH]3)c2c1. The number of H-pyrrole nitrogens is 2. The van der Waals surface area contributed by atoms with Crippen LogP contribution in [0.4, 0.5) is 0 Å². The van der Waals surface area contributed by atoms with E-state index in [-0.39, 0.29) is 24.3 Å². The van der Waals surface area contributed by atoms with Crippen LogP contribution in [0.15, 0.2) is 54.7 Å². The molecule has 4 aromatic rings. The molecule has 0 unspecified atom stereocenters. The first-order chi connectivity index (χ1) is 18.4. The molecule has 0 saturated carbocycles. The molecule has 0 aliphatic carbocycles. The lowest BCUT2D eigenvalue weighted by molar-refractivity contribution is -0.122. The lowest BCUT2D eigenvalue weighted by Crippen LogP contribution is -2.30. The molecule has 2 aromatic carbocycles. The van der Waals surface area contributed by atoms with Gasteiger partial charge in [0, 0.05) is 28.9 Å². The van der Waals surface area contributed by atoms with Crippen molar-refractivity contribution in [3.8, 4) is 17.0 Å². The Labute approximate surface area is 224 Å². The minimum absolute atomic E-state index is 0.0607. The van der Waals surface area contributed by atoms with E-state index in [4.69, 9.17) is 4.74 Å². The third-order valence-electron chi connectivity index (χ3n) is 7.07. The van der Waals surface area contributed by atoms with E-state index >= 15 is 0 Å². The Kier molecular flexibility index (Phi) is 9.00. The Balaban J connectivity index is 1.47. The number of Topliss-reactive ketones (excluding diaryl/α,β-unsaturated/α-hetero) is 1. The first-order valence-corrected chi connectivity index (χ1v) is 13.4. The number of carbonyl (C=O) groups excluding carboxylic acids is 2. The summed E-state index contributed by atoms with van der Waals surface area (Å²) in [4.78, 5) is 36.7. The summed E-state index contributed by atoms with van der Waals surface area (Å²) in [6.07, 6.45) is 6.10. The number of ketones is 1. The monoisotopic (exact) mass is 514 g/mol. The number of benzene rings is 2. The van der Waals surface area contributed by atoms with Gasteiger partial charge in [0.1, 0.15) is 17.4 Å². The smallest absolute Gasteiger partial charge is 0.225 e. The molecule has 38 heavy (non-hydrogen) atoms. The summed E-state index contributed by atoms with van der Waals surface area (Å²) in [7, 11) is 1.64. The van der Waals surface area contributed by atoms with Crippen molar-refractivity contribution in [1.82, 2.24) is 20.3 Å². The summed E-state index contributed by atoms with van der Waals surface area (Å²) in [6.45, 7) is 5.88. The topological polar surface area (TPSA) is 99.9 Å². The minimum Gasteiger partial charge on any atom is -0.497 e. The molecule has 1 atom stereocenters. The van der Waals surface area contributed by atoms with E-state index in [0.29, 0.717) is 12.2 Å². The number of nitrogens with one attached hydrogen (secondary N) is 3. The molecule has 0 radical (unpaired) electrons. The first-order valence-electron chi connectivity index (χ1n) is 13.4. The van der Waals surface area contributed by atoms with Crippen molar-refractivity contribution in [3.63, 3.8) is 0 Å². The van der Waals surface area contributed by atoms with Crippen LogP contribution in [-0.2, 0) is 16.0 Å². The van der Waals surface area contributed by atoms with Crippen LogP contribution in [-0.4, -0.2) is 33.8 Å². The molecule has 1 amide bonds. The highest BCUT2D eigenvalue weighted by molar-refractivity contribution is 5.91. The van der Waals surface area contributed by atoms with Gasteiger partial charge in [-0.1, -0.05) is 57.0 Å². The second kappa shape index (κ2) is 12.6. The molecule has 0 aliphatic rings. The summed E-state index contributed by atoms with van der Waals surface area (Å²) in [5.41, 5.74) is 4.89. The molecule has 7 heteroatoms. The predicted octanol–water partition coefficient (Wildman–Crippen LogP) is 6.45. The maximum Gasteiger partial charge on any atom is 0.225 e. The van der Waals surface area contributed by atoms with Gasteiger partial charge in [0.15, 0.2) is 0 Å². The van der Waals surface area contributed by atoms with Crippen molar-refractivity contribution in [2.24, 2.45) is 5.92 Å². The zero-order chi connectivity index (χ0) is 27.1. The number of hydrogen-bond acceptors (Lipinski definition) is 4. The Morgan fingerprint density at radius 3 is 2.55 bits per heavy atom. The van der Waals surface area contributed by atoms with E-state index in [1.807, 2.05) is 75.5 Å². The minimum atomic E-state index is -0.249. The lowest BCUT2D eigenvalue weighted by atomic mass is 10.0. The number of carbonyl (C=O) groups is 2. The van der Waals surface area contributed by atoms with Crippen LogP contribution in [0.3, 0.4) is 0 Å². The van der Waals surface area contributed by atoms with Gasteiger partial charge in [-0.05, 0) is 49.1 Å². The molecule has 2 heterocycles. The molecule has 0 spiro atoms.